The van der Waals surface area contributed by atoms with Gasteiger partial charge in [0.25, 0.3) is 0 Å². The van der Waals surface area contributed by atoms with Crippen molar-refractivity contribution in [2.75, 3.05) is 0 Å². The SMILES string of the molecule is c1ccc(-c2ccc(-c3cccc(-n4c5ccccc5c5cc(-c6ccc7c(c6)c6ccccc6n7-c6cccc(-c7ccc(-c8ccccc8)cc7)c6)ccc54)c3)cc2)cc1. The number of para-hydroxylation sites is 2. The van der Waals surface area contributed by atoms with Gasteiger partial charge in [-0.1, -0.05) is 182 Å². The second-order valence-corrected chi connectivity index (χ2v) is 16.2. The van der Waals surface area contributed by atoms with Crippen LogP contribution in [0.15, 0.2) is 243 Å². The van der Waals surface area contributed by atoms with Gasteiger partial charge in [-0.25, -0.2) is 0 Å². The van der Waals surface area contributed by atoms with Gasteiger partial charge in [0.05, 0.1) is 22.1 Å². The molecule has 0 saturated carbocycles. The largest absolute Gasteiger partial charge is 0.309 e. The molecule has 0 N–H and O–H groups in total. The summed E-state index contributed by atoms with van der Waals surface area (Å²) in [6, 6.07) is 88.3. The molecule has 0 radical (unpaired) electrons. The van der Waals surface area contributed by atoms with Gasteiger partial charge in [0.1, 0.15) is 0 Å². The number of aromatic nitrogens is 2. The predicted molar refractivity (Wildman–Crippen MR) is 262 cm³/mol. The number of nitrogens with zero attached hydrogens (tertiary/aromatic N) is 2. The van der Waals surface area contributed by atoms with Crippen molar-refractivity contribution in [2.45, 2.75) is 0 Å². The van der Waals surface area contributed by atoms with Gasteiger partial charge in [-0.3, -0.25) is 0 Å². The maximum absolute atomic E-state index is 2.42. The highest BCUT2D eigenvalue weighted by Gasteiger charge is 2.17. The molecule has 2 heteroatoms. The zero-order chi connectivity index (χ0) is 41.0. The van der Waals surface area contributed by atoms with E-state index < -0.39 is 0 Å². The van der Waals surface area contributed by atoms with E-state index in [1.165, 1.54) is 99.2 Å². The summed E-state index contributed by atoms with van der Waals surface area (Å²) in [4.78, 5) is 0. The molecule has 0 aliphatic rings. The van der Waals surface area contributed by atoms with E-state index in [0.29, 0.717) is 0 Å². The second-order valence-electron chi connectivity index (χ2n) is 16.2. The number of hydrogen-bond acceptors (Lipinski definition) is 0. The summed E-state index contributed by atoms with van der Waals surface area (Å²) in [7, 11) is 0. The minimum absolute atomic E-state index is 1.15. The Hall–Kier alpha value is -8.20. The lowest BCUT2D eigenvalue weighted by molar-refractivity contribution is 1.18. The monoisotopic (exact) mass is 788 g/mol. The van der Waals surface area contributed by atoms with E-state index in [4.69, 9.17) is 0 Å². The molecule has 12 rings (SSSR count). The molecule has 2 heterocycles. The summed E-state index contributed by atoms with van der Waals surface area (Å²) < 4.78 is 4.83. The van der Waals surface area contributed by atoms with Crippen LogP contribution in [0.5, 0.6) is 0 Å². The molecular weight excluding hydrogens is 749 g/mol. The first-order valence-electron chi connectivity index (χ1n) is 21.3. The van der Waals surface area contributed by atoms with Crippen LogP contribution < -0.4 is 0 Å². The van der Waals surface area contributed by atoms with Crippen LogP contribution in [-0.2, 0) is 0 Å². The summed E-state index contributed by atoms with van der Waals surface area (Å²) in [6.07, 6.45) is 0. The third-order valence-electron chi connectivity index (χ3n) is 12.5. The molecule has 10 aromatic carbocycles. The topological polar surface area (TPSA) is 9.86 Å². The van der Waals surface area contributed by atoms with Gasteiger partial charge >= 0.3 is 0 Å². The third kappa shape index (κ3) is 6.12. The lowest BCUT2D eigenvalue weighted by Gasteiger charge is -2.12. The summed E-state index contributed by atoms with van der Waals surface area (Å²) in [5.74, 6) is 0. The maximum Gasteiger partial charge on any atom is 0.0541 e. The average molecular weight is 789 g/mol. The van der Waals surface area contributed by atoms with Crippen LogP contribution in [0.4, 0.5) is 0 Å². The maximum atomic E-state index is 2.42. The molecule has 290 valence electrons. The summed E-state index contributed by atoms with van der Waals surface area (Å²) in [5, 5.41) is 4.97. The first-order chi connectivity index (χ1) is 30.7. The van der Waals surface area contributed by atoms with Crippen LogP contribution in [0, 0.1) is 0 Å². The summed E-state index contributed by atoms with van der Waals surface area (Å²) >= 11 is 0. The quantitative estimate of drug-likeness (QED) is 0.152. The molecule has 0 unspecified atom stereocenters. The van der Waals surface area contributed by atoms with Crippen molar-refractivity contribution < 1.29 is 0 Å². The van der Waals surface area contributed by atoms with E-state index >= 15 is 0 Å². The lowest BCUT2D eigenvalue weighted by atomic mass is 10.00. The number of rotatable bonds is 7. The molecule has 12 aromatic rings. The fraction of sp³-hybridized carbons (Fsp3) is 0. The average Bonchev–Trinajstić information content (AvgIpc) is 3.87. The van der Waals surface area contributed by atoms with Crippen LogP contribution >= 0.6 is 0 Å². The van der Waals surface area contributed by atoms with E-state index in [9.17, 15) is 0 Å². The molecule has 2 nitrogen and oxygen atoms in total. The Kier molecular flexibility index (Phi) is 8.53. The molecule has 0 spiro atoms. The Bertz CT molecular complexity index is 3350. The fourth-order valence-corrected chi connectivity index (χ4v) is 9.48. The predicted octanol–water partition coefficient (Wildman–Crippen LogP) is 16.2. The van der Waals surface area contributed by atoms with Gasteiger partial charge in [0.15, 0.2) is 0 Å². The van der Waals surface area contributed by atoms with Gasteiger partial charge in [-0.05, 0) is 116 Å². The number of fused-ring (bicyclic) bond motifs is 6. The van der Waals surface area contributed by atoms with Crippen LogP contribution in [0.25, 0.3) is 111 Å². The van der Waals surface area contributed by atoms with Crippen molar-refractivity contribution in [3.05, 3.63) is 243 Å². The number of hydrogen-bond donors (Lipinski definition) is 0. The smallest absolute Gasteiger partial charge is 0.0541 e. The van der Waals surface area contributed by atoms with Crippen molar-refractivity contribution >= 4 is 43.6 Å². The highest BCUT2D eigenvalue weighted by Crippen LogP contribution is 2.39. The van der Waals surface area contributed by atoms with Crippen molar-refractivity contribution in [1.82, 2.24) is 9.13 Å². The van der Waals surface area contributed by atoms with E-state index in [1.807, 2.05) is 0 Å². The summed E-state index contributed by atoms with van der Waals surface area (Å²) in [5.41, 5.74) is 19.2. The van der Waals surface area contributed by atoms with Crippen LogP contribution in [0.1, 0.15) is 0 Å². The number of benzene rings is 10. The Morgan fingerprint density at radius 2 is 0.468 bits per heavy atom. The van der Waals surface area contributed by atoms with Crippen molar-refractivity contribution in [2.24, 2.45) is 0 Å². The Morgan fingerprint density at radius 3 is 0.887 bits per heavy atom. The zero-order valence-corrected chi connectivity index (χ0v) is 34.0. The Morgan fingerprint density at radius 1 is 0.177 bits per heavy atom. The van der Waals surface area contributed by atoms with E-state index in [-0.39, 0.29) is 0 Å². The van der Waals surface area contributed by atoms with E-state index in [0.717, 1.165) is 11.4 Å². The zero-order valence-electron chi connectivity index (χ0n) is 34.0. The Labute approximate surface area is 360 Å². The first kappa shape index (κ1) is 35.7. The minimum Gasteiger partial charge on any atom is -0.309 e. The third-order valence-corrected chi connectivity index (χ3v) is 12.5. The van der Waals surface area contributed by atoms with Crippen LogP contribution in [-0.4, -0.2) is 9.13 Å². The van der Waals surface area contributed by atoms with Gasteiger partial charge in [-0.2, -0.15) is 0 Å². The molecule has 0 aliphatic carbocycles. The van der Waals surface area contributed by atoms with Gasteiger partial charge in [-0.15, -0.1) is 0 Å². The molecule has 0 fully saturated rings. The molecule has 2 aromatic heterocycles. The van der Waals surface area contributed by atoms with Crippen molar-refractivity contribution in [1.29, 1.82) is 0 Å². The standard InChI is InChI=1S/C60H40N2/c1-3-13-41(14-4-1)43-25-29-45(30-26-43)47-17-11-19-51(37-47)61-57-23-9-7-21-53(57)55-39-49(33-35-59(55)61)50-34-36-60-56(40-50)54-22-8-10-24-58(54)62(60)52-20-12-18-48(38-52)46-31-27-44(28-32-46)42-15-5-2-6-16-42/h1-40H. The molecule has 0 aliphatic heterocycles. The van der Waals surface area contributed by atoms with Crippen molar-refractivity contribution in [3.63, 3.8) is 0 Å². The summed E-state index contributed by atoms with van der Waals surface area (Å²) in [6.45, 7) is 0. The van der Waals surface area contributed by atoms with E-state index in [2.05, 4.69) is 252 Å². The fourth-order valence-electron chi connectivity index (χ4n) is 9.48. The highest BCUT2D eigenvalue weighted by atomic mass is 15.0. The van der Waals surface area contributed by atoms with Gasteiger partial charge in [0, 0.05) is 32.9 Å². The normalized spacial score (nSPS) is 11.5. The first-order valence-corrected chi connectivity index (χ1v) is 21.3. The van der Waals surface area contributed by atoms with Crippen molar-refractivity contribution in [3.8, 4) is 67.0 Å². The highest BCUT2D eigenvalue weighted by molar-refractivity contribution is 6.12. The molecule has 62 heavy (non-hydrogen) atoms. The molecule has 0 bridgehead atoms. The molecular formula is C60H40N2. The molecule has 0 saturated heterocycles. The molecule has 0 amide bonds. The van der Waals surface area contributed by atoms with Gasteiger partial charge in [0.2, 0.25) is 0 Å². The van der Waals surface area contributed by atoms with Gasteiger partial charge < -0.3 is 9.13 Å². The second kappa shape index (κ2) is 14.8. The lowest BCUT2D eigenvalue weighted by Crippen LogP contribution is -1.94. The van der Waals surface area contributed by atoms with Crippen LogP contribution in [0.2, 0.25) is 0 Å². The Balaban J connectivity index is 0.918. The minimum atomic E-state index is 1.15. The van der Waals surface area contributed by atoms with Crippen LogP contribution in [0.3, 0.4) is 0 Å². The van der Waals surface area contributed by atoms with E-state index in [1.54, 1.807) is 0 Å². The molecule has 0 atom stereocenters.